The summed E-state index contributed by atoms with van der Waals surface area (Å²) in [5.41, 5.74) is 2.78. The summed E-state index contributed by atoms with van der Waals surface area (Å²) >= 11 is 0. The van der Waals surface area contributed by atoms with Crippen LogP contribution in [0.15, 0.2) is 24.3 Å². The van der Waals surface area contributed by atoms with Crippen molar-refractivity contribution in [2.45, 2.75) is 53.2 Å². The molecular weight excluding hydrogens is 220 g/mol. The fourth-order valence-corrected chi connectivity index (χ4v) is 2.07. The van der Waals surface area contributed by atoms with Gasteiger partial charge in [0.25, 0.3) is 0 Å². The maximum atomic E-state index is 3.43. The molecule has 0 spiro atoms. The molecule has 1 aromatic carbocycles. The van der Waals surface area contributed by atoms with Crippen LogP contribution in [-0.2, 0) is 13.1 Å². The van der Waals surface area contributed by atoms with Crippen LogP contribution in [-0.4, -0.2) is 24.0 Å². The summed E-state index contributed by atoms with van der Waals surface area (Å²) in [7, 11) is 0. The molecule has 0 unspecified atom stereocenters. The van der Waals surface area contributed by atoms with E-state index in [1.165, 1.54) is 17.5 Å². The van der Waals surface area contributed by atoms with Crippen molar-refractivity contribution < 1.29 is 0 Å². The molecule has 0 radical (unpaired) electrons. The van der Waals surface area contributed by atoms with Gasteiger partial charge in [0.05, 0.1) is 0 Å². The minimum Gasteiger partial charge on any atom is -0.313 e. The lowest BCUT2D eigenvalue weighted by Crippen LogP contribution is -2.29. The minimum absolute atomic E-state index is 0.612. The highest BCUT2D eigenvalue weighted by atomic mass is 15.1. The van der Waals surface area contributed by atoms with Gasteiger partial charge in [-0.1, -0.05) is 38.1 Å². The van der Waals surface area contributed by atoms with Crippen molar-refractivity contribution in [1.82, 2.24) is 10.2 Å². The van der Waals surface area contributed by atoms with Crippen molar-refractivity contribution in [2.75, 3.05) is 13.1 Å². The first-order valence-electron chi connectivity index (χ1n) is 7.20. The summed E-state index contributed by atoms with van der Waals surface area (Å²) in [4.78, 5) is 2.48. The van der Waals surface area contributed by atoms with Crippen molar-refractivity contribution >= 4 is 0 Å². The fraction of sp³-hybridized carbons (Fsp3) is 0.625. The van der Waals surface area contributed by atoms with Gasteiger partial charge in [0, 0.05) is 19.1 Å². The second-order valence-corrected chi connectivity index (χ2v) is 5.15. The van der Waals surface area contributed by atoms with Gasteiger partial charge in [0.2, 0.25) is 0 Å². The van der Waals surface area contributed by atoms with Crippen LogP contribution in [0.4, 0.5) is 0 Å². The van der Waals surface area contributed by atoms with Crippen LogP contribution in [0.25, 0.3) is 0 Å². The molecule has 0 aliphatic rings. The fourth-order valence-electron chi connectivity index (χ4n) is 2.07. The Hall–Kier alpha value is -0.860. The van der Waals surface area contributed by atoms with Crippen LogP contribution in [0.3, 0.4) is 0 Å². The number of hydrogen-bond acceptors (Lipinski definition) is 2. The predicted octanol–water partition coefficient (Wildman–Crippen LogP) is 3.42. The maximum Gasteiger partial charge on any atom is 0.0236 e. The third-order valence-corrected chi connectivity index (χ3v) is 3.30. The van der Waals surface area contributed by atoms with E-state index in [1.54, 1.807) is 0 Å². The standard InChI is InChI=1S/C16H28N2/c1-5-11-17-12-15-7-9-16(10-8-15)13-18(6-2)14(3)4/h7-10,14,17H,5-6,11-13H2,1-4H3. The van der Waals surface area contributed by atoms with Crippen LogP contribution < -0.4 is 5.32 Å². The molecule has 0 saturated carbocycles. The smallest absolute Gasteiger partial charge is 0.0236 e. The van der Waals surface area contributed by atoms with Crippen molar-refractivity contribution in [3.63, 3.8) is 0 Å². The first kappa shape index (κ1) is 15.2. The number of benzene rings is 1. The average molecular weight is 248 g/mol. The number of hydrogen-bond donors (Lipinski definition) is 1. The van der Waals surface area contributed by atoms with Crippen LogP contribution in [0.5, 0.6) is 0 Å². The van der Waals surface area contributed by atoms with E-state index in [9.17, 15) is 0 Å². The Morgan fingerprint density at radius 1 is 1.06 bits per heavy atom. The summed E-state index contributed by atoms with van der Waals surface area (Å²) in [6, 6.07) is 9.61. The van der Waals surface area contributed by atoms with Gasteiger partial charge in [-0.05, 0) is 44.5 Å². The highest BCUT2D eigenvalue weighted by Gasteiger charge is 2.07. The monoisotopic (exact) mass is 248 g/mol. The lowest BCUT2D eigenvalue weighted by Gasteiger charge is -2.24. The van der Waals surface area contributed by atoms with Crippen LogP contribution in [0, 0.1) is 0 Å². The molecular formula is C16H28N2. The lowest BCUT2D eigenvalue weighted by atomic mass is 10.1. The van der Waals surface area contributed by atoms with Crippen LogP contribution in [0.2, 0.25) is 0 Å². The molecule has 0 aliphatic heterocycles. The zero-order valence-electron chi connectivity index (χ0n) is 12.4. The number of nitrogens with zero attached hydrogens (tertiary/aromatic N) is 1. The third kappa shape index (κ3) is 5.19. The molecule has 0 atom stereocenters. The molecule has 0 fully saturated rings. The number of nitrogens with one attached hydrogen (secondary N) is 1. The average Bonchev–Trinajstić information content (AvgIpc) is 2.37. The van der Waals surface area contributed by atoms with Crippen molar-refractivity contribution in [2.24, 2.45) is 0 Å². The molecule has 1 rings (SSSR count). The molecule has 2 nitrogen and oxygen atoms in total. The van der Waals surface area contributed by atoms with Gasteiger partial charge in [-0.25, -0.2) is 0 Å². The van der Waals surface area contributed by atoms with E-state index in [4.69, 9.17) is 0 Å². The first-order valence-corrected chi connectivity index (χ1v) is 7.20. The highest BCUT2D eigenvalue weighted by Crippen LogP contribution is 2.09. The van der Waals surface area contributed by atoms with Gasteiger partial charge >= 0.3 is 0 Å². The van der Waals surface area contributed by atoms with Gasteiger partial charge in [-0.3, -0.25) is 4.90 Å². The van der Waals surface area contributed by atoms with Crippen LogP contribution >= 0.6 is 0 Å². The topological polar surface area (TPSA) is 15.3 Å². The highest BCUT2D eigenvalue weighted by molar-refractivity contribution is 5.22. The minimum atomic E-state index is 0.612. The van der Waals surface area contributed by atoms with E-state index in [-0.39, 0.29) is 0 Å². The molecule has 0 saturated heterocycles. The molecule has 18 heavy (non-hydrogen) atoms. The van der Waals surface area contributed by atoms with Gasteiger partial charge in [0.15, 0.2) is 0 Å². The Bertz CT molecular complexity index is 316. The Kier molecular flexibility index (Phi) is 6.99. The Labute approximate surface area is 112 Å². The molecule has 0 heterocycles. The van der Waals surface area contributed by atoms with Gasteiger partial charge in [0.1, 0.15) is 0 Å². The normalized spacial score (nSPS) is 11.4. The maximum absolute atomic E-state index is 3.43. The van der Waals surface area contributed by atoms with E-state index in [0.29, 0.717) is 6.04 Å². The zero-order valence-corrected chi connectivity index (χ0v) is 12.4. The Morgan fingerprint density at radius 3 is 2.17 bits per heavy atom. The van der Waals surface area contributed by atoms with Crippen molar-refractivity contribution in [3.05, 3.63) is 35.4 Å². The molecule has 0 aliphatic carbocycles. The molecule has 0 amide bonds. The Morgan fingerprint density at radius 2 is 1.67 bits per heavy atom. The third-order valence-electron chi connectivity index (χ3n) is 3.30. The van der Waals surface area contributed by atoms with Crippen LogP contribution in [0.1, 0.15) is 45.2 Å². The largest absolute Gasteiger partial charge is 0.313 e. The summed E-state index contributed by atoms with van der Waals surface area (Å²) in [5.74, 6) is 0. The van der Waals surface area contributed by atoms with E-state index in [0.717, 1.165) is 26.2 Å². The Balaban J connectivity index is 2.49. The first-order chi connectivity index (χ1) is 8.67. The quantitative estimate of drug-likeness (QED) is 0.709. The molecule has 2 heteroatoms. The van der Waals surface area contributed by atoms with Crippen molar-refractivity contribution in [3.8, 4) is 0 Å². The van der Waals surface area contributed by atoms with E-state index in [1.807, 2.05) is 0 Å². The molecule has 0 bridgehead atoms. The predicted molar refractivity (Wildman–Crippen MR) is 79.7 cm³/mol. The van der Waals surface area contributed by atoms with Crippen molar-refractivity contribution in [1.29, 1.82) is 0 Å². The summed E-state index contributed by atoms with van der Waals surface area (Å²) in [6.45, 7) is 13.2. The second kappa shape index (κ2) is 8.28. The zero-order chi connectivity index (χ0) is 13.4. The van der Waals surface area contributed by atoms with E-state index < -0.39 is 0 Å². The second-order valence-electron chi connectivity index (χ2n) is 5.15. The van der Waals surface area contributed by atoms with Gasteiger partial charge in [-0.15, -0.1) is 0 Å². The molecule has 0 aromatic heterocycles. The van der Waals surface area contributed by atoms with Gasteiger partial charge < -0.3 is 5.32 Å². The van der Waals surface area contributed by atoms with E-state index in [2.05, 4.69) is 62.2 Å². The summed E-state index contributed by atoms with van der Waals surface area (Å²) < 4.78 is 0. The molecule has 1 aromatic rings. The molecule has 1 N–H and O–H groups in total. The SMILES string of the molecule is CCCNCc1ccc(CN(CC)C(C)C)cc1. The summed E-state index contributed by atoms with van der Waals surface area (Å²) in [6.07, 6.45) is 1.19. The van der Waals surface area contributed by atoms with Gasteiger partial charge in [-0.2, -0.15) is 0 Å². The molecule has 102 valence electrons. The summed E-state index contributed by atoms with van der Waals surface area (Å²) in [5, 5.41) is 3.43. The number of rotatable bonds is 8. The van der Waals surface area contributed by atoms with E-state index >= 15 is 0 Å². The lowest BCUT2D eigenvalue weighted by molar-refractivity contribution is 0.225.